The highest BCUT2D eigenvalue weighted by Crippen LogP contribution is 2.22. The third-order valence-electron chi connectivity index (χ3n) is 7.12. The molecule has 4 rings (SSSR count). The summed E-state index contributed by atoms with van der Waals surface area (Å²) in [6.45, 7) is -6.95. The summed E-state index contributed by atoms with van der Waals surface area (Å²) in [6, 6.07) is -5.83. The molecule has 46 heavy (non-hydrogen) atoms. The predicted octanol–water partition coefficient (Wildman–Crippen LogP) is 4.33. The zero-order chi connectivity index (χ0) is 48.6. The molecule has 0 saturated carbocycles. The van der Waals surface area contributed by atoms with Crippen LogP contribution in [-0.4, -0.2) is 71.7 Å². The van der Waals surface area contributed by atoms with E-state index >= 15 is 0 Å². The largest absolute Gasteiger partial charge is 0.483 e. The van der Waals surface area contributed by atoms with Crippen LogP contribution in [0.25, 0.3) is 0 Å². The lowest BCUT2D eigenvalue weighted by Crippen LogP contribution is -2.59. The molecular weight excluding hydrogens is 580 g/mol. The SMILES string of the molecule is [2H]c1c([2H])c([2H])c(C([2H])([2H])[C@@H](C[C@H](O)[C@H](Cc2ccccc2)NC(=O)C([2H])([2H])Oc2c(C([2H])([2H])[2H])c([2H])c([2H])c([2H])c2C([2H])([2H])[2H])NC(=O)[C@H](C(C)C)N2CCCNC2=O)c([2H])c1[2H]. The fourth-order valence-electron chi connectivity index (χ4n) is 4.97. The maximum Gasteiger partial charge on any atom is 0.318 e. The van der Waals surface area contributed by atoms with Crippen LogP contribution in [0.5, 0.6) is 5.75 Å². The van der Waals surface area contributed by atoms with E-state index in [2.05, 4.69) is 16.0 Å². The predicted molar refractivity (Wildman–Crippen MR) is 180 cm³/mol. The molecule has 1 fully saturated rings. The Bertz CT molecular complexity index is 2170. The van der Waals surface area contributed by atoms with Gasteiger partial charge in [-0.1, -0.05) is 92.5 Å². The second kappa shape index (κ2) is 16.8. The first kappa shape index (κ1) is 17.5. The number of amides is 4. The van der Waals surface area contributed by atoms with Crippen LogP contribution in [0, 0.1) is 19.6 Å². The van der Waals surface area contributed by atoms with Gasteiger partial charge in [-0.15, -0.1) is 0 Å². The van der Waals surface area contributed by atoms with E-state index in [4.69, 9.17) is 26.7 Å². The van der Waals surface area contributed by atoms with Gasteiger partial charge in [-0.3, -0.25) is 9.59 Å². The molecule has 0 spiro atoms. The van der Waals surface area contributed by atoms with Crippen LogP contribution in [0.4, 0.5) is 4.79 Å². The lowest BCUT2D eigenvalue weighted by molar-refractivity contribution is -0.128. The van der Waals surface area contributed by atoms with Crippen LogP contribution in [-0.2, 0) is 22.4 Å². The number of para-hydroxylation sites is 1. The van der Waals surface area contributed by atoms with Gasteiger partial charge >= 0.3 is 6.03 Å². The number of ether oxygens (including phenoxy) is 1. The summed E-state index contributed by atoms with van der Waals surface area (Å²) >= 11 is 0. The molecule has 0 bridgehead atoms. The third-order valence-corrected chi connectivity index (χ3v) is 7.12. The van der Waals surface area contributed by atoms with Crippen LogP contribution in [0.3, 0.4) is 0 Å². The van der Waals surface area contributed by atoms with Crippen LogP contribution in [0.1, 0.15) is 73.6 Å². The average Bonchev–Trinajstić information content (AvgIpc) is 3.17. The molecule has 246 valence electrons. The van der Waals surface area contributed by atoms with Gasteiger partial charge in [0.1, 0.15) is 11.8 Å². The van der Waals surface area contributed by atoms with E-state index in [1.54, 1.807) is 44.2 Å². The quantitative estimate of drug-likeness (QED) is 0.196. The zero-order valence-electron chi connectivity index (χ0n) is 43.3. The Balaban J connectivity index is 1.84. The Morgan fingerprint density at radius 3 is 2.41 bits per heavy atom. The van der Waals surface area contributed by atoms with E-state index in [-0.39, 0.29) is 13.0 Å². The second-order valence-electron chi connectivity index (χ2n) is 10.9. The van der Waals surface area contributed by atoms with Gasteiger partial charge < -0.3 is 30.7 Å². The van der Waals surface area contributed by atoms with Crippen molar-refractivity contribution in [3.05, 3.63) is 101 Å². The number of benzene rings is 3. The molecule has 0 unspecified atom stereocenters. The molecular formula is C37H48N4O5. The summed E-state index contributed by atoms with van der Waals surface area (Å²) < 4.78 is 155. The Morgan fingerprint density at radius 1 is 1.04 bits per heavy atom. The van der Waals surface area contributed by atoms with E-state index in [1.165, 1.54) is 4.90 Å². The number of nitrogens with one attached hydrogen (secondary N) is 3. The molecule has 1 saturated heterocycles. The van der Waals surface area contributed by atoms with Crippen molar-refractivity contribution in [3.63, 3.8) is 0 Å². The smallest absolute Gasteiger partial charge is 0.318 e. The summed E-state index contributed by atoms with van der Waals surface area (Å²) in [7, 11) is 0. The number of urea groups is 1. The first-order valence-corrected chi connectivity index (χ1v) is 14.6. The van der Waals surface area contributed by atoms with Crippen LogP contribution >= 0.6 is 0 Å². The topological polar surface area (TPSA) is 120 Å². The molecule has 1 aliphatic rings. The molecule has 3 aromatic rings. The second-order valence-corrected chi connectivity index (χ2v) is 10.9. The van der Waals surface area contributed by atoms with Crippen molar-refractivity contribution >= 4 is 17.8 Å². The van der Waals surface area contributed by atoms with Crippen LogP contribution in [0.15, 0.2) is 78.7 Å². The van der Waals surface area contributed by atoms with E-state index in [1.807, 2.05) is 0 Å². The fraction of sp³-hybridized carbons (Fsp3) is 0.432. The minimum absolute atomic E-state index is 0.127. The average molecular weight is 647 g/mol. The van der Waals surface area contributed by atoms with Crippen LogP contribution < -0.4 is 20.7 Å². The van der Waals surface area contributed by atoms with Gasteiger partial charge in [0, 0.05) is 30.1 Å². The molecule has 0 radical (unpaired) electrons. The summed E-state index contributed by atoms with van der Waals surface area (Å²) in [5, 5.41) is 19.4. The summed E-state index contributed by atoms with van der Waals surface area (Å²) in [6.07, 6.45) is -6.00. The van der Waals surface area contributed by atoms with E-state index < -0.39 is 152 Å². The molecule has 1 aliphatic heterocycles. The van der Waals surface area contributed by atoms with Gasteiger partial charge in [-0.25, -0.2) is 4.79 Å². The van der Waals surface area contributed by atoms with Gasteiger partial charge in [0.15, 0.2) is 6.56 Å². The standard InChI is InChI=1S/C37H48N4O5/c1-25(2)34(41-20-12-19-38-37(41)45)36(44)39-30(21-28-15-7-5-8-16-28)23-32(42)31(22-29-17-9-6-10-18-29)40-33(43)24-46-35-26(3)13-11-14-27(35)4/h5-11,13-18,25,30-32,34,42H,12,19-24H2,1-4H3,(H,38,45)(H,39,44)(H,40,43)/t30-,31-,32-,34-/m0/s1/i3D3,4D3,5D,7D,8D,11D,13D,14D,15D,16D,21D2,24D2. The minimum atomic E-state index is -3.76. The normalized spacial score (nSPS) is 22.6. The van der Waals surface area contributed by atoms with Crippen molar-refractivity contribution < 1.29 is 48.9 Å². The van der Waals surface area contributed by atoms with Gasteiger partial charge in [0.25, 0.3) is 5.91 Å². The molecule has 0 aromatic heterocycles. The molecule has 4 atom stereocenters. The van der Waals surface area contributed by atoms with Crippen molar-refractivity contribution in [1.29, 1.82) is 0 Å². The Hall–Kier alpha value is -4.37. The molecule has 3 aromatic carbocycles. The molecule has 4 amide bonds. The van der Waals surface area contributed by atoms with Crippen molar-refractivity contribution in [3.8, 4) is 5.75 Å². The summed E-state index contributed by atoms with van der Waals surface area (Å²) in [4.78, 5) is 42.3. The first-order valence-electron chi connectivity index (χ1n) is 23.6. The highest BCUT2D eigenvalue weighted by molar-refractivity contribution is 5.87. The van der Waals surface area contributed by atoms with Crippen molar-refractivity contribution in [2.75, 3.05) is 19.6 Å². The molecule has 9 nitrogen and oxygen atoms in total. The van der Waals surface area contributed by atoms with Crippen LogP contribution in [0.2, 0.25) is 0 Å². The highest BCUT2D eigenvalue weighted by Gasteiger charge is 2.35. The van der Waals surface area contributed by atoms with E-state index in [0.29, 0.717) is 18.5 Å². The number of hydrogen-bond acceptors (Lipinski definition) is 5. The molecule has 1 heterocycles. The zero-order valence-corrected chi connectivity index (χ0v) is 25.3. The number of nitrogens with zero attached hydrogens (tertiary/aromatic N) is 1. The minimum Gasteiger partial charge on any atom is -0.483 e. The van der Waals surface area contributed by atoms with Crippen molar-refractivity contribution in [2.45, 2.75) is 77.4 Å². The van der Waals surface area contributed by atoms with Crippen molar-refractivity contribution in [1.82, 2.24) is 20.9 Å². The Kier molecular flexibility index (Phi) is 6.40. The third kappa shape index (κ3) is 9.81. The number of aliphatic hydroxyl groups excluding tert-OH is 1. The van der Waals surface area contributed by atoms with E-state index in [9.17, 15) is 22.2 Å². The van der Waals surface area contributed by atoms with Gasteiger partial charge in [-0.2, -0.15) is 0 Å². The maximum absolute atomic E-state index is 14.2. The number of carbonyl (C=O) groups excluding carboxylic acids is 3. The van der Waals surface area contributed by atoms with Gasteiger partial charge in [-0.05, 0) is 67.5 Å². The van der Waals surface area contributed by atoms with Crippen molar-refractivity contribution in [2.24, 2.45) is 5.92 Å². The number of hydrogen-bond donors (Lipinski definition) is 4. The fourth-order valence-corrected chi connectivity index (χ4v) is 4.97. The lowest BCUT2D eigenvalue weighted by atomic mass is 9.92. The monoisotopic (exact) mass is 646 g/mol. The Labute approximate surface area is 298 Å². The highest BCUT2D eigenvalue weighted by atomic mass is 16.5. The summed E-state index contributed by atoms with van der Waals surface area (Å²) in [5.41, 5.74) is -3.06. The maximum atomic E-state index is 14.2. The Morgan fingerprint density at radius 2 is 1.76 bits per heavy atom. The molecule has 9 heteroatoms. The number of carbonyl (C=O) groups is 3. The molecule has 0 aliphatic carbocycles. The summed E-state index contributed by atoms with van der Waals surface area (Å²) in [5.74, 6) is -4.72. The number of rotatable bonds is 15. The number of aliphatic hydroxyl groups is 1. The lowest BCUT2D eigenvalue weighted by Gasteiger charge is -2.37. The molecule has 4 N–H and O–H groups in total. The van der Waals surface area contributed by atoms with Gasteiger partial charge in [0.2, 0.25) is 5.91 Å². The van der Waals surface area contributed by atoms with E-state index in [0.717, 1.165) is 0 Å². The first-order chi connectivity index (χ1) is 29.4. The van der Waals surface area contributed by atoms with Gasteiger partial charge in [0.05, 0.1) is 25.9 Å².